The highest BCUT2D eigenvalue weighted by molar-refractivity contribution is 7.13. The van der Waals surface area contributed by atoms with E-state index in [9.17, 15) is 9.59 Å². The van der Waals surface area contributed by atoms with Crippen LogP contribution in [-0.4, -0.2) is 39.8 Å². The van der Waals surface area contributed by atoms with E-state index in [1.165, 1.54) is 11.3 Å². The highest BCUT2D eigenvalue weighted by Crippen LogP contribution is 2.25. The number of nitrogens with zero attached hydrogens (tertiary/aromatic N) is 3. The van der Waals surface area contributed by atoms with Crippen LogP contribution in [0, 0.1) is 18.8 Å². The number of carbonyl (C=O) groups excluding carboxylic acids is 2. The normalized spacial score (nSPS) is 15.1. The van der Waals surface area contributed by atoms with Gasteiger partial charge in [0.05, 0.1) is 10.7 Å². The molecule has 1 aliphatic rings. The van der Waals surface area contributed by atoms with Crippen molar-refractivity contribution in [3.05, 3.63) is 45.7 Å². The Balaban J connectivity index is 1.51. The zero-order valence-corrected chi connectivity index (χ0v) is 17.6. The largest absolute Gasteiger partial charge is 0.352 e. The first-order chi connectivity index (χ1) is 13.4. The van der Waals surface area contributed by atoms with Gasteiger partial charge in [0.15, 0.2) is 0 Å². The second kappa shape index (κ2) is 9.28. The molecule has 1 aliphatic heterocycles. The number of piperidine rings is 1. The number of thiazole rings is 1. The summed E-state index contributed by atoms with van der Waals surface area (Å²) in [4.78, 5) is 36.6. The van der Waals surface area contributed by atoms with E-state index < -0.39 is 0 Å². The van der Waals surface area contributed by atoms with Crippen LogP contribution in [0.2, 0.25) is 0 Å². The quantitative estimate of drug-likeness (QED) is 0.808. The summed E-state index contributed by atoms with van der Waals surface area (Å²) < 4.78 is 0. The highest BCUT2D eigenvalue weighted by Gasteiger charge is 2.29. The lowest BCUT2D eigenvalue weighted by atomic mass is 9.95. The van der Waals surface area contributed by atoms with Crippen LogP contribution < -0.4 is 5.32 Å². The Labute approximate surface area is 170 Å². The molecule has 2 aromatic rings. The lowest BCUT2D eigenvalue weighted by Gasteiger charge is -2.31. The maximum absolute atomic E-state index is 12.9. The zero-order valence-electron chi connectivity index (χ0n) is 16.8. The fraction of sp³-hybridized carbons (Fsp3) is 0.524. The van der Waals surface area contributed by atoms with E-state index in [0.29, 0.717) is 38.4 Å². The monoisotopic (exact) mass is 400 g/mol. The second-order valence-electron chi connectivity index (χ2n) is 7.77. The first-order valence-corrected chi connectivity index (χ1v) is 10.7. The predicted octanol–water partition coefficient (Wildman–Crippen LogP) is 3.21. The molecule has 7 heteroatoms. The highest BCUT2D eigenvalue weighted by atomic mass is 32.1. The van der Waals surface area contributed by atoms with E-state index in [4.69, 9.17) is 0 Å². The standard InChI is InChI=1S/C21H28N4O2S/c1-14(2)11-18-24-15(3)19(28-18)21(27)25-9-6-17(7-10-25)20(26)23-13-16-5-4-8-22-12-16/h4-5,8,12,14,17H,6-7,9-11,13H2,1-3H3,(H,23,26). The van der Waals surface area contributed by atoms with Crippen molar-refractivity contribution in [3.63, 3.8) is 0 Å². The van der Waals surface area contributed by atoms with Gasteiger partial charge in [-0.15, -0.1) is 11.3 Å². The number of aryl methyl sites for hydroxylation is 1. The van der Waals surface area contributed by atoms with Crippen LogP contribution in [0.5, 0.6) is 0 Å². The molecule has 0 radical (unpaired) electrons. The molecule has 1 N–H and O–H groups in total. The van der Waals surface area contributed by atoms with Crippen LogP contribution in [0.4, 0.5) is 0 Å². The van der Waals surface area contributed by atoms with E-state index in [1.54, 1.807) is 12.4 Å². The van der Waals surface area contributed by atoms with E-state index in [-0.39, 0.29) is 17.7 Å². The maximum Gasteiger partial charge on any atom is 0.265 e. The molecule has 150 valence electrons. The summed E-state index contributed by atoms with van der Waals surface area (Å²) in [6.07, 6.45) is 5.77. The Kier molecular flexibility index (Phi) is 6.78. The van der Waals surface area contributed by atoms with Gasteiger partial charge in [-0.05, 0) is 37.3 Å². The minimum absolute atomic E-state index is 0.0419. The molecule has 0 aliphatic carbocycles. The Bertz CT molecular complexity index is 811. The van der Waals surface area contributed by atoms with E-state index >= 15 is 0 Å². The van der Waals surface area contributed by atoms with E-state index in [0.717, 1.165) is 27.6 Å². The third-order valence-electron chi connectivity index (χ3n) is 4.96. The molecule has 1 saturated heterocycles. The molecule has 3 heterocycles. The smallest absolute Gasteiger partial charge is 0.265 e. The summed E-state index contributed by atoms with van der Waals surface area (Å²) in [6, 6.07) is 3.80. The van der Waals surface area contributed by atoms with Gasteiger partial charge in [-0.25, -0.2) is 4.98 Å². The van der Waals surface area contributed by atoms with Crippen LogP contribution in [0.3, 0.4) is 0 Å². The van der Waals surface area contributed by atoms with Crippen molar-refractivity contribution in [2.24, 2.45) is 11.8 Å². The van der Waals surface area contributed by atoms with Crippen molar-refractivity contribution >= 4 is 23.2 Å². The van der Waals surface area contributed by atoms with Crippen molar-refractivity contribution in [2.75, 3.05) is 13.1 Å². The fourth-order valence-corrected chi connectivity index (χ4v) is 4.66. The summed E-state index contributed by atoms with van der Waals surface area (Å²) in [7, 11) is 0. The Morgan fingerprint density at radius 1 is 1.32 bits per heavy atom. The van der Waals surface area contributed by atoms with Gasteiger partial charge in [0, 0.05) is 44.4 Å². The molecule has 6 nitrogen and oxygen atoms in total. The summed E-state index contributed by atoms with van der Waals surface area (Å²) >= 11 is 1.51. The average molecular weight is 401 g/mol. The third-order valence-corrected chi connectivity index (χ3v) is 6.13. The third kappa shape index (κ3) is 5.16. The van der Waals surface area contributed by atoms with Crippen molar-refractivity contribution < 1.29 is 9.59 Å². The van der Waals surface area contributed by atoms with Gasteiger partial charge in [-0.3, -0.25) is 14.6 Å². The van der Waals surface area contributed by atoms with Crippen molar-refractivity contribution in [1.29, 1.82) is 0 Å². The van der Waals surface area contributed by atoms with Gasteiger partial charge in [0.1, 0.15) is 4.88 Å². The minimum Gasteiger partial charge on any atom is -0.352 e. The fourth-order valence-electron chi connectivity index (χ4n) is 3.41. The molecule has 2 amide bonds. The summed E-state index contributed by atoms with van der Waals surface area (Å²) in [5.74, 6) is 0.595. The molecule has 0 atom stereocenters. The molecule has 0 bridgehead atoms. The zero-order chi connectivity index (χ0) is 20.1. The molecule has 0 aromatic carbocycles. The van der Waals surface area contributed by atoms with Crippen LogP contribution in [0.1, 0.15) is 52.6 Å². The van der Waals surface area contributed by atoms with Gasteiger partial charge >= 0.3 is 0 Å². The van der Waals surface area contributed by atoms with Crippen LogP contribution in [0.25, 0.3) is 0 Å². The summed E-state index contributed by atoms with van der Waals surface area (Å²) in [6.45, 7) is 7.93. The maximum atomic E-state index is 12.9. The molecule has 0 unspecified atom stereocenters. The number of aromatic nitrogens is 2. The van der Waals surface area contributed by atoms with Crippen LogP contribution in [0.15, 0.2) is 24.5 Å². The van der Waals surface area contributed by atoms with E-state index in [2.05, 4.69) is 29.1 Å². The summed E-state index contributed by atoms with van der Waals surface area (Å²) in [5.41, 5.74) is 1.81. The number of hydrogen-bond acceptors (Lipinski definition) is 5. The lowest BCUT2D eigenvalue weighted by molar-refractivity contribution is -0.126. The molecule has 28 heavy (non-hydrogen) atoms. The molecule has 3 rings (SSSR count). The van der Waals surface area contributed by atoms with Gasteiger partial charge in [0.25, 0.3) is 5.91 Å². The second-order valence-corrected chi connectivity index (χ2v) is 8.85. The molecular formula is C21H28N4O2S. The van der Waals surface area contributed by atoms with Gasteiger partial charge in [-0.1, -0.05) is 19.9 Å². The number of amides is 2. The Morgan fingerprint density at radius 2 is 2.07 bits per heavy atom. The van der Waals surface area contributed by atoms with Crippen molar-refractivity contribution in [1.82, 2.24) is 20.2 Å². The number of pyridine rings is 1. The van der Waals surface area contributed by atoms with Crippen molar-refractivity contribution in [2.45, 2.75) is 46.6 Å². The summed E-state index contributed by atoms with van der Waals surface area (Å²) in [5, 5.41) is 4.01. The predicted molar refractivity (Wildman–Crippen MR) is 110 cm³/mol. The van der Waals surface area contributed by atoms with Gasteiger partial charge < -0.3 is 10.2 Å². The molecule has 0 spiro atoms. The van der Waals surface area contributed by atoms with Gasteiger partial charge in [0.2, 0.25) is 5.91 Å². The molecule has 0 saturated carbocycles. The topological polar surface area (TPSA) is 75.2 Å². The molecule has 1 fully saturated rings. The van der Waals surface area contributed by atoms with Crippen LogP contribution in [-0.2, 0) is 17.8 Å². The Morgan fingerprint density at radius 3 is 2.71 bits per heavy atom. The van der Waals surface area contributed by atoms with E-state index in [1.807, 2.05) is 24.0 Å². The first kappa shape index (κ1) is 20.5. The number of rotatable bonds is 6. The lowest BCUT2D eigenvalue weighted by Crippen LogP contribution is -2.42. The average Bonchev–Trinajstić information content (AvgIpc) is 3.05. The number of nitrogens with one attached hydrogen (secondary N) is 1. The number of carbonyl (C=O) groups is 2. The minimum atomic E-state index is -0.0419. The van der Waals surface area contributed by atoms with Crippen LogP contribution >= 0.6 is 11.3 Å². The SMILES string of the molecule is Cc1nc(CC(C)C)sc1C(=O)N1CCC(C(=O)NCc2cccnc2)CC1. The Hall–Kier alpha value is -2.28. The molecule has 2 aromatic heterocycles. The first-order valence-electron chi connectivity index (χ1n) is 9.86. The number of likely N-dealkylation sites (tertiary alicyclic amines) is 1. The number of hydrogen-bond donors (Lipinski definition) is 1. The van der Waals surface area contributed by atoms with Crippen molar-refractivity contribution in [3.8, 4) is 0 Å². The molecular weight excluding hydrogens is 372 g/mol. The van der Waals surface area contributed by atoms with Gasteiger partial charge in [-0.2, -0.15) is 0 Å².